The van der Waals surface area contributed by atoms with Crippen LogP contribution in [0.1, 0.15) is 12.6 Å². The number of aromatic nitrogens is 6. The lowest BCUT2D eigenvalue weighted by atomic mass is 9.99. The normalized spacial score (nSPS) is 14.5. The van der Waals surface area contributed by atoms with Crippen molar-refractivity contribution in [3.8, 4) is 0 Å². The second kappa shape index (κ2) is 6.42. The van der Waals surface area contributed by atoms with Crippen molar-refractivity contribution in [2.45, 2.75) is 20.0 Å². The van der Waals surface area contributed by atoms with E-state index in [4.69, 9.17) is 0 Å². The van der Waals surface area contributed by atoms with Gasteiger partial charge in [-0.15, -0.1) is 5.10 Å². The van der Waals surface area contributed by atoms with Crippen LogP contribution in [-0.4, -0.2) is 48.9 Å². The minimum atomic E-state index is -0.0602. The topological polar surface area (TPSA) is 102 Å². The van der Waals surface area contributed by atoms with E-state index in [1.54, 1.807) is 10.9 Å². The molecule has 25 heavy (non-hydrogen) atoms. The van der Waals surface area contributed by atoms with E-state index >= 15 is 0 Å². The summed E-state index contributed by atoms with van der Waals surface area (Å²) in [7, 11) is 0. The predicted molar refractivity (Wildman–Crippen MR) is 90.6 cm³/mol. The molecule has 0 unspecified atom stereocenters. The highest BCUT2D eigenvalue weighted by atomic mass is 16.2. The fourth-order valence-electron chi connectivity index (χ4n) is 2.87. The Morgan fingerprint density at radius 1 is 1.28 bits per heavy atom. The highest BCUT2D eigenvalue weighted by Crippen LogP contribution is 2.27. The molecule has 0 spiro atoms. The lowest BCUT2D eigenvalue weighted by Gasteiger charge is -2.38. The van der Waals surface area contributed by atoms with E-state index < -0.39 is 0 Å². The number of nitrogens with one attached hydrogen (secondary N) is 1. The first-order valence-corrected chi connectivity index (χ1v) is 8.23. The number of amides is 1. The lowest BCUT2D eigenvalue weighted by molar-refractivity contribution is -0.125. The van der Waals surface area contributed by atoms with Crippen LogP contribution in [0.3, 0.4) is 0 Å². The molecule has 3 aromatic rings. The van der Waals surface area contributed by atoms with Crippen molar-refractivity contribution in [1.82, 2.24) is 35.3 Å². The van der Waals surface area contributed by atoms with Crippen LogP contribution in [0.4, 0.5) is 5.82 Å². The predicted octanol–water partition coefficient (Wildman–Crippen LogP) is 0.389. The molecule has 0 aliphatic carbocycles. The van der Waals surface area contributed by atoms with Gasteiger partial charge in [0.25, 0.3) is 0 Å². The summed E-state index contributed by atoms with van der Waals surface area (Å²) < 4.78 is 1.73. The van der Waals surface area contributed by atoms with Crippen LogP contribution in [-0.2, 0) is 17.9 Å². The molecule has 4 rings (SSSR count). The van der Waals surface area contributed by atoms with E-state index in [-0.39, 0.29) is 11.8 Å². The highest BCUT2D eigenvalue weighted by molar-refractivity contribution is 5.86. The Morgan fingerprint density at radius 2 is 2.16 bits per heavy atom. The minimum Gasteiger partial charge on any atom is -0.353 e. The molecule has 1 N–H and O–H groups in total. The van der Waals surface area contributed by atoms with Crippen molar-refractivity contribution in [3.63, 3.8) is 0 Å². The number of hydrogen-bond acceptors (Lipinski definition) is 7. The van der Waals surface area contributed by atoms with Crippen molar-refractivity contribution in [2.24, 2.45) is 5.92 Å². The molecule has 0 bridgehead atoms. The lowest BCUT2D eigenvalue weighted by Crippen LogP contribution is -2.54. The van der Waals surface area contributed by atoms with Crippen molar-refractivity contribution in [2.75, 3.05) is 18.0 Å². The summed E-state index contributed by atoms with van der Waals surface area (Å²) in [5, 5.41) is 11.2. The van der Waals surface area contributed by atoms with Crippen molar-refractivity contribution in [3.05, 3.63) is 36.4 Å². The van der Waals surface area contributed by atoms with Gasteiger partial charge in [0.2, 0.25) is 5.91 Å². The number of carbonyl (C=O) groups is 1. The summed E-state index contributed by atoms with van der Waals surface area (Å²) in [4.78, 5) is 27.1. The van der Waals surface area contributed by atoms with Crippen molar-refractivity contribution >= 4 is 22.9 Å². The Hall–Kier alpha value is -3.10. The van der Waals surface area contributed by atoms with Crippen molar-refractivity contribution < 1.29 is 4.79 Å². The fourth-order valence-corrected chi connectivity index (χ4v) is 2.87. The molecule has 0 aromatic carbocycles. The van der Waals surface area contributed by atoms with Gasteiger partial charge < -0.3 is 10.2 Å². The number of fused-ring (bicyclic) bond motifs is 1. The van der Waals surface area contributed by atoms with Gasteiger partial charge in [-0.2, -0.15) is 0 Å². The number of pyridine rings is 1. The molecule has 4 heterocycles. The van der Waals surface area contributed by atoms with Crippen LogP contribution in [0.25, 0.3) is 11.2 Å². The summed E-state index contributed by atoms with van der Waals surface area (Å²) in [6.45, 7) is 4.35. The van der Waals surface area contributed by atoms with E-state index in [0.29, 0.717) is 31.7 Å². The third-order valence-corrected chi connectivity index (χ3v) is 4.30. The van der Waals surface area contributed by atoms with Crippen LogP contribution in [0.5, 0.6) is 0 Å². The first kappa shape index (κ1) is 15.4. The average Bonchev–Trinajstić information content (AvgIpc) is 3.03. The Morgan fingerprint density at radius 3 is 2.92 bits per heavy atom. The second-order valence-electron chi connectivity index (χ2n) is 5.92. The largest absolute Gasteiger partial charge is 0.353 e. The molecule has 0 saturated carbocycles. The van der Waals surface area contributed by atoms with E-state index in [1.165, 1.54) is 6.33 Å². The minimum absolute atomic E-state index is 0.0319. The Bertz CT molecular complexity index is 888. The number of hydrogen-bond donors (Lipinski definition) is 1. The molecular weight excluding hydrogens is 320 g/mol. The van der Waals surface area contributed by atoms with E-state index in [1.807, 2.05) is 30.0 Å². The molecule has 9 heteroatoms. The first-order valence-electron chi connectivity index (χ1n) is 8.23. The van der Waals surface area contributed by atoms with Gasteiger partial charge in [0.1, 0.15) is 6.33 Å². The number of anilines is 1. The molecule has 1 aliphatic heterocycles. The Labute approximate surface area is 144 Å². The number of carbonyl (C=O) groups excluding carboxylic acids is 1. The van der Waals surface area contributed by atoms with Gasteiger partial charge in [0.15, 0.2) is 17.0 Å². The zero-order chi connectivity index (χ0) is 17.2. The maximum atomic E-state index is 12.3. The molecule has 0 radical (unpaired) electrons. The number of aryl methyl sites for hydroxylation is 1. The Balaban J connectivity index is 1.39. The standard InChI is InChI=1S/C16H18N8O/c1-2-24-15-13(21-22-24)14(19-10-20-15)23-8-11(9-23)16(25)18-7-12-5-3-4-6-17-12/h3-6,10-11H,2,7-9H2,1H3,(H,18,25). The molecule has 1 amide bonds. The average molecular weight is 338 g/mol. The molecule has 3 aromatic heterocycles. The number of rotatable bonds is 5. The SMILES string of the molecule is CCn1nnc2c(N3CC(C(=O)NCc4ccccn4)C3)ncnc21. The number of nitrogens with zero attached hydrogens (tertiary/aromatic N) is 7. The molecular formula is C16H18N8O. The summed E-state index contributed by atoms with van der Waals surface area (Å²) in [5.74, 6) is 0.706. The van der Waals surface area contributed by atoms with Gasteiger partial charge in [-0.25, -0.2) is 14.6 Å². The molecule has 1 aliphatic rings. The van der Waals surface area contributed by atoms with E-state index in [0.717, 1.165) is 17.2 Å². The summed E-state index contributed by atoms with van der Waals surface area (Å²) in [6.07, 6.45) is 3.23. The third-order valence-electron chi connectivity index (χ3n) is 4.30. The molecule has 128 valence electrons. The molecule has 9 nitrogen and oxygen atoms in total. The van der Waals surface area contributed by atoms with E-state index in [2.05, 4.69) is 30.6 Å². The van der Waals surface area contributed by atoms with E-state index in [9.17, 15) is 4.79 Å². The van der Waals surface area contributed by atoms with Gasteiger partial charge in [-0.05, 0) is 19.1 Å². The van der Waals surface area contributed by atoms with Crippen LogP contribution in [0.15, 0.2) is 30.7 Å². The van der Waals surface area contributed by atoms with Crippen LogP contribution in [0.2, 0.25) is 0 Å². The van der Waals surface area contributed by atoms with Gasteiger partial charge in [-0.1, -0.05) is 11.3 Å². The zero-order valence-electron chi connectivity index (χ0n) is 13.8. The summed E-state index contributed by atoms with van der Waals surface area (Å²) in [6, 6.07) is 5.65. The van der Waals surface area contributed by atoms with Crippen molar-refractivity contribution in [1.29, 1.82) is 0 Å². The zero-order valence-corrected chi connectivity index (χ0v) is 13.8. The van der Waals surface area contributed by atoms with Crippen LogP contribution < -0.4 is 10.2 Å². The molecule has 1 saturated heterocycles. The Kier molecular flexibility index (Phi) is 3.96. The smallest absolute Gasteiger partial charge is 0.227 e. The van der Waals surface area contributed by atoms with Gasteiger partial charge in [-0.3, -0.25) is 9.78 Å². The van der Waals surface area contributed by atoms with Gasteiger partial charge in [0.05, 0.1) is 18.2 Å². The molecule has 0 atom stereocenters. The fraction of sp³-hybridized carbons (Fsp3) is 0.375. The summed E-state index contributed by atoms with van der Waals surface area (Å²) >= 11 is 0. The molecule has 1 fully saturated rings. The van der Waals surface area contributed by atoms with Gasteiger partial charge >= 0.3 is 0 Å². The van der Waals surface area contributed by atoms with Crippen LogP contribution >= 0.6 is 0 Å². The quantitative estimate of drug-likeness (QED) is 0.718. The summed E-state index contributed by atoms with van der Waals surface area (Å²) in [5.41, 5.74) is 2.24. The van der Waals surface area contributed by atoms with Crippen LogP contribution in [0, 0.1) is 5.92 Å². The van der Waals surface area contributed by atoms with Gasteiger partial charge in [0, 0.05) is 25.8 Å². The monoisotopic (exact) mass is 338 g/mol. The maximum Gasteiger partial charge on any atom is 0.227 e. The maximum absolute atomic E-state index is 12.3. The first-order chi connectivity index (χ1) is 12.3. The third kappa shape index (κ3) is 2.88. The second-order valence-corrected chi connectivity index (χ2v) is 5.92. The highest BCUT2D eigenvalue weighted by Gasteiger charge is 2.35.